The van der Waals surface area contributed by atoms with Crippen molar-refractivity contribution in [1.82, 2.24) is 4.98 Å². The Kier molecular flexibility index (Phi) is 7.69. The van der Waals surface area contributed by atoms with Gasteiger partial charge in [-0.25, -0.2) is 9.78 Å². The fraction of sp³-hybridized carbons (Fsp3) is 0.417. The van der Waals surface area contributed by atoms with Crippen molar-refractivity contribution >= 4 is 34.9 Å². The Morgan fingerprint density at radius 2 is 1.97 bits per heavy atom. The molecule has 0 aliphatic heterocycles. The smallest absolute Gasteiger partial charge is 0.330 e. The molecule has 0 bridgehead atoms. The summed E-state index contributed by atoms with van der Waals surface area (Å²) >= 11 is 1.37. The van der Waals surface area contributed by atoms with Crippen molar-refractivity contribution in [2.75, 3.05) is 6.61 Å². The molecular weight excluding hydrogens is 398 g/mol. The lowest BCUT2D eigenvalue weighted by molar-refractivity contribution is -0.137. The summed E-state index contributed by atoms with van der Waals surface area (Å²) in [6.07, 6.45) is 9.18. The molecule has 1 aliphatic rings. The summed E-state index contributed by atoms with van der Waals surface area (Å²) in [5.41, 5.74) is 2.54. The minimum atomic E-state index is -0.401. The predicted octanol–water partition coefficient (Wildman–Crippen LogP) is 4.76. The van der Waals surface area contributed by atoms with E-state index in [0.717, 1.165) is 41.7 Å². The second kappa shape index (κ2) is 10.4. The Balaban J connectivity index is 1.65. The third-order valence-corrected chi connectivity index (χ3v) is 6.20. The fourth-order valence-corrected chi connectivity index (χ4v) is 4.60. The number of rotatable bonds is 9. The van der Waals surface area contributed by atoms with Gasteiger partial charge in [0.2, 0.25) is 0 Å². The summed E-state index contributed by atoms with van der Waals surface area (Å²) in [6, 6.07) is 5.78. The summed E-state index contributed by atoms with van der Waals surface area (Å²) in [5, 5.41) is 0.694. The van der Waals surface area contributed by atoms with Crippen molar-refractivity contribution in [2.24, 2.45) is 5.92 Å². The first kappa shape index (κ1) is 22.1. The van der Waals surface area contributed by atoms with Crippen molar-refractivity contribution in [3.63, 3.8) is 0 Å². The van der Waals surface area contributed by atoms with E-state index in [9.17, 15) is 14.4 Å². The molecule has 1 heterocycles. The molecule has 1 fully saturated rings. The van der Waals surface area contributed by atoms with Gasteiger partial charge < -0.3 is 4.74 Å². The molecule has 0 atom stereocenters. The summed E-state index contributed by atoms with van der Waals surface area (Å²) in [7, 11) is 0. The lowest BCUT2D eigenvalue weighted by atomic mass is 9.90. The molecule has 0 N–H and O–H groups in total. The number of hydrogen-bond acceptors (Lipinski definition) is 6. The van der Waals surface area contributed by atoms with Gasteiger partial charge in [-0.15, -0.1) is 11.3 Å². The molecule has 6 heteroatoms. The van der Waals surface area contributed by atoms with E-state index in [2.05, 4.69) is 4.98 Å². The molecular formula is C24H27NO4S. The summed E-state index contributed by atoms with van der Waals surface area (Å²) in [4.78, 5) is 42.1. The molecule has 1 saturated carbocycles. The SMILES string of the molecule is CCOC(=O)/C=C/c1cnc(CC(=O)Cc2ccc(C)cc2C(=O)C2CCCC2)s1. The number of ketones is 2. The van der Waals surface area contributed by atoms with Crippen molar-refractivity contribution in [3.8, 4) is 0 Å². The Bertz CT molecular complexity index is 954. The minimum absolute atomic E-state index is 0.0228. The predicted molar refractivity (Wildman–Crippen MR) is 118 cm³/mol. The highest BCUT2D eigenvalue weighted by molar-refractivity contribution is 7.12. The molecule has 0 radical (unpaired) electrons. The number of aromatic nitrogens is 1. The summed E-state index contributed by atoms with van der Waals surface area (Å²) in [5.74, 6) is -0.107. The normalized spacial score (nSPS) is 14.3. The van der Waals surface area contributed by atoms with E-state index in [1.165, 1.54) is 17.4 Å². The second-order valence-corrected chi connectivity index (χ2v) is 8.79. The van der Waals surface area contributed by atoms with Gasteiger partial charge in [-0.05, 0) is 44.4 Å². The lowest BCUT2D eigenvalue weighted by Gasteiger charge is -2.13. The van der Waals surface area contributed by atoms with Gasteiger partial charge >= 0.3 is 5.97 Å². The van der Waals surface area contributed by atoms with Crippen molar-refractivity contribution in [2.45, 2.75) is 52.4 Å². The molecule has 158 valence electrons. The third-order valence-electron chi connectivity index (χ3n) is 5.23. The van der Waals surface area contributed by atoms with Crippen LogP contribution in [0, 0.1) is 12.8 Å². The number of nitrogens with zero attached hydrogens (tertiary/aromatic N) is 1. The Labute approximate surface area is 181 Å². The molecule has 0 unspecified atom stereocenters. The van der Waals surface area contributed by atoms with Gasteiger partial charge in [0, 0.05) is 35.1 Å². The number of benzene rings is 1. The van der Waals surface area contributed by atoms with Gasteiger partial charge in [0.15, 0.2) is 5.78 Å². The van der Waals surface area contributed by atoms with Crippen LogP contribution in [0.5, 0.6) is 0 Å². The molecule has 3 rings (SSSR count). The molecule has 0 saturated heterocycles. The first-order chi connectivity index (χ1) is 14.5. The number of aryl methyl sites for hydroxylation is 1. The fourth-order valence-electron chi connectivity index (χ4n) is 3.75. The van der Waals surface area contributed by atoms with Crippen LogP contribution < -0.4 is 0 Å². The number of carbonyl (C=O) groups is 3. The Hall–Kier alpha value is -2.60. The van der Waals surface area contributed by atoms with E-state index in [4.69, 9.17) is 4.74 Å². The van der Waals surface area contributed by atoms with Crippen LogP contribution in [0.4, 0.5) is 0 Å². The Morgan fingerprint density at radius 1 is 1.20 bits per heavy atom. The van der Waals surface area contributed by atoms with Crippen LogP contribution in [0.1, 0.15) is 64.0 Å². The van der Waals surface area contributed by atoms with E-state index in [0.29, 0.717) is 17.2 Å². The monoisotopic (exact) mass is 425 g/mol. The van der Waals surface area contributed by atoms with Gasteiger partial charge in [-0.3, -0.25) is 9.59 Å². The number of Topliss-reactive ketones (excluding diaryl/α,β-unsaturated/α-hetero) is 2. The summed E-state index contributed by atoms with van der Waals surface area (Å²) in [6.45, 7) is 4.05. The van der Waals surface area contributed by atoms with Gasteiger partial charge in [-0.2, -0.15) is 0 Å². The molecule has 1 aromatic heterocycles. The zero-order valence-corrected chi connectivity index (χ0v) is 18.3. The van der Waals surface area contributed by atoms with Crippen LogP contribution in [-0.2, 0) is 27.2 Å². The largest absolute Gasteiger partial charge is 0.463 e. The highest BCUT2D eigenvalue weighted by Crippen LogP contribution is 2.30. The molecule has 0 amide bonds. The Morgan fingerprint density at radius 3 is 2.70 bits per heavy atom. The zero-order chi connectivity index (χ0) is 21.5. The molecule has 1 aliphatic carbocycles. The second-order valence-electron chi connectivity index (χ2n) is 7.64. The maximum atomic E-state index is 13.0. The maximum Gasteiger partial charge on any atom is 0.330 e. The molecule has 1 aromatic carbocycles. The number of esters is 1. The topological polar surface area (TPSA) is 73.3 Å². The average Bonchev–Trinajstić information content (AvgIpc) is 3.39. The quantitative estimate of drug-likeness (QED) is 0.329. The third kappa shape index (κ3) is 5.95. The number of hydrogen-bond donors (Lipinski definition) is 0. The molecule has 2 aromatic rings. The average molecular weight is 426 g/mol. The van der Waals surface area contributed by atoms with Gasteiger partial charge in [0.25, 0.3) is 0 Å². The minimum Gasteiger partial charge on any atom is -0.463 e. The van der Waals surface area contributed by atoms with Crippen LogP contribution in [-0.4, -0.2) is 29.1 Å². The van der Waals surface area contributed by atoms with E-state index in [1.807, 2.05) is 25.1 Å². The highest BCUT2D eigenvalue weighted by atomic mass is 32.1. The first-order valence-corrected chi connectivity index (χ1v) is 11.2. The van der Waals surface area contributed by atoms with Gasteiger partial charge in [-0.1, -0.05) is 30.5 Å². The first-order valence-electron chi connectivity index (χ1n) is 10.4. The summed E-state index contributed by atoms with van der Waals surface area (Å²) < 4.78 is 4.85. The van der Waals surface area contributed by atoms with Crippen LogP contribution in [0.15, 0.2) is 30.5 Å². The molecule has 0 spiro atoms. The van der Waals surface area contributed by atoms with Crippen LogP contribution in [0.25, 0.3) is 6.08 Å². The van der Waals surface area contributed by atoms with Crippen LogP contribution in [0.2, 0.25) is 0 Å². The maximum absolute atomic E-state index is 13.0. The van der Waals surface area contributed by atoms with Crippen molar-refractivity contribution < 1.29 is 19.1 Å². The van der Waals surface area contributed by atoms with E-state index in [1.54, 1.807) is 19.2 Å². The molecule has 5 nitrogen and oxygen atoms in total. The van der Waals surface area contributed by atoms with Crippen LogP contribution in [0.3, 0.4) is 0 Å². The van der Waals surface area contributed by atoms with Gasteiger partial charge in [0.05, 0.1) is 13.0 Å². The van der Waals surface area contributed by atoms with Crippen molar-refractivity contribution in [3.05, 3.63) is 57.0 Å². The number of carbonyl (C=O) groups excluding carboxylic acids is 3. The van der Waals surface area contributed by atoms with E-state index < -0.39 is 5.97 Å². The lowest BCUT2D eigenvalue weighted by Crippen LogP contribution is -2.16. The van der Waals surface area contributed by atoms with E-state index >= 15 is 0 Å². The van der Waals surface area contributed by atoms with Crippen molar-refractivity contribution in [1.29, 1.82) is 0 Å². The molecule has 30 heavy (non-hydrogen) atoms. The standard InChI is InChI=1S/C24H27NO4S/c1-3-29-23(27)11-10-20-15-25-22(30-20)14-19(26)13-18-9-8-16(2)12-21(18)24(28)17-6-4-5-7-17/h8-12,15,17H,3-7,13-14H2,1-2H3/b11-10+. The van der Waals surface area contributed by atoms with E-state index in [-0.39, 0.29) is 30.3 Å². The van der Waals surface area contributed by atoms with Gasteiger partial charge in [0.1, 0.15) is 10.8 Å². The number of thiazole rings is 1. The number of ether oxygens (including phenoxy) is 1. The zero-order valence-electron chi connectivity index (χ0n) is 17.5. The van der Waals surface area contributed by atoms with Crippen LogP contribution >= 0.6 is 11.3 Å². The highest BCUT2D eigenvalue weighted by Gasteiger charge is 2.26.